The molecule has 1 heterocycles. The van der Waals surface area contributed by atoms with Crippen LogP contribution in [0.3, 0.4) is 0 Å². The molecule has 0 aliphatic carbocycles. The Bertz CT molecular complexity index is 1180. The van der Waals surface area contributed by atoms with Crippen LogP contribution in [0.5, 0.6) is 0 Å². The minimum Gasteiger partial charge on any atom is -0.465 e. The first-order valence-electron chi connectivity index (χ1n) is 10.5. The first-order chi connectivity index (χ1) is 15.5. The standard InChI is InChI=1S/C25H25N3O4/c1-17(29)27-11-13-28(14-12-27)23-10-9-21(25(31)32-2)16-22(23)26-24(30)20-8-7-18-5-3-4-6-19(18)15-20/h3-10,15-16H,11-14H2,1-2H3,(H,26,30). The highest BCUT2D eigenvalue weighted by molar-refractivity contribution is 6.08. The van der Waals surface area contributed by atoms with Crippen LogP contribution in [-0.4, -0.2) is 56.0 Å². The molecule has 0 atom stereocenters. The van der Waals surface area contributed by atoms with Crippen molar-refractivity contribution in [2.24, 2.45) is 0 Å². The van der Waals surface area contributed by atoms with Gasteiger partial charge in [-0.3, -0.25) is 9.59 Å². The smallest absolute Gasteiger partial charge is 0.337 e. The van der Waals surface area contributed by atoms with Crippen molar-refractivity contribution in [3.05, 3.63) is 71.8 Å². The van der Waals surface area contributed by atoms with Gasteiger partial charge in [0.05, 0.1) is 24.0 Å². The van der Waals surface area contributed by atoms with Gasteiger partial charge in [0.15, 0.2) is 0 Å². The van der Waals surface area contributed by atoms with Gasteiger partial charge in [-0.05, 0) is 41.1 Å². The number of hydrogen-bond acceptors (Lipinski definition) is 5. The molecule has 0 bridgehead atoms. The molecule has 164 valence electrons. The molecule has 1 N–H and O–H groups in total. The van der Waals surface area contributed by atoms with Crippen LogP contribution in [0.15, 0.2) is 60.7 Å². The Morgan fingerprint density at radius 3 is 2.22 bits per heavy atom. The SMILES string of the molecule is COC(=O)c1ccc(N2CCN(C(C)=O)CC2)c(NC(=O)c2ccc3ccccc3c2)c1. The molecule has 2 amide bonds. The van der Waals surface area contributed by atoms with E-state index in [9.17, 15) is 14.4 Å². The summed E-state index contributed by atoms with van der Waals surface area (Å²) < 4.78 is 4.85. The zero-order valence-electron chi connectivity index (χ0n) is 18.1. The van der Waals surface area contributed by atoms with E-state index in [4.69, 9.17) is 4.74 Å². The fourth-order valence-corrected chi connectivity index (χ4v) is 3.94. The van der Waals surface area contributed by atoms with E-state index in [-0.39, 0.29) is 11.8 Å². The molecule has 3 aromatic carbocycles. The molecule has 4 rings (SSSR count). The van der Waals surface area contributed by atoms with E-state index < -0.39 is 5.97 Å². The van der Waals surface area contributed by atoms with Crippen LogP contribution >= 0.6 is 0 Å². The molecule has 1 saturated heterocycles. The molecule has 0 radical (unpaired) electrons. The molecule has 1 fully saturated rings. The van der Waals surface area contributed by atoms with Gasteiger partial charge in [-0.1, -0.05) is 30.3 Å². The molecule has 0 unspecified atom stereocenters. The number of benzene rings is 3. The maximum atomic E-state index is 13.1. The second-order valence-electron chi connectivity index (χ2n) is 7.73. The Morgan fingerprint density at radius 1 is 0.844 bits per heavy atom. The number of nitrogens with zero attached hydrogens (tertiary/aromatic N) is 2. The number of nitrogens with one attached hydrogen (secondary N) is 1. The summed E-state index contributed by atoms with van der Waals surface area (Å²) >= 11 is 0. The third kappa shape index (κ3) is 4.42. The Kier molecular flexibility index (Phi) is 6.07. The van der Waals surface area contributed by atoms with Crippen molar-refractivity contribution in [3.8, 4) is 0 Å². The molecule has 3 aromatic rings. The first kappa shape index (κ1) is 21.4. The number of piperazine rings is 1. The molecule has 32 heavy (non-hydrogen) atoms. The number of fused-ring (bicyclic) bond motifs is 1. The lowest BCUT2D eigenvalue weighted by Crippen LogP contribution is -2.48. The highest BCUT2D eigenvalue weighted by Gasteiger charge is 2.22. The normalized spacial score (nSPS) is 13.7. The van der Waals surface area contributed by atoms with E-state index in [0.29, 0.717) is 43.0 Å². The number of ether oxygens (including phenoxy) is 1. The van der Waals surface area contributed by atoms with Gasteiger partial charge in [-0.2, -0.15) is 0 Å². The van der Waals surface area contributed by atoms with E-state index in [1.807, 2.05) is 42.5 Å². The van der Waals surface area contributed by atoms with E-state index >= 15 is 0 Å². The van der Waals surface area contributed by atoms with Crippen molar-refractivity contribution in [1.82, 2.24) is 4.90 Å². The average molecular weight is 431 g/mol. The Balaban J connectivity index is 1.63. The first-order valence-corrected chi connectivity index (χ1v) is 10.5. The second kappa shape index (κ2) is 9.09. The van der Waals surface area contributed by atoms with Gasteiger partial charge in [0.1, 0.15) is 0 Å². The zero-order valence-corrected chi connectivity index (χ0v) is 18.1. The summed E-state index contributed by atoms with van der Waals surface area (Å²) in [5.74, 6) is -0.684. The second-order valence-corrected chi connectivity index (χ2v) is 7.73. The number of carbonyl (C=O) groups is 3. The molecular weight excluding hydrogens is 406 g/mol. The predicted octanol–water partition coefficient (Wildman–Crippen LogP) is 3.55. The van der Waals surface area contributed by atoms with Gasteiger partial charge in [-0.25, -0.2) is 4.79 Å². The minimum absolute atomic E-state index is 0.0514. The number of esters is 1. The zero-order chi connectivity index (χ0) is 22.7. The van der Waals surface area contributed by atoms with Crippen molar-refractivity contribution < 1.29 is 19.1 Å². The third-order valence-corrected chi connectivity index (χ3v) is 5.74. The Morgan fingerprint density at radius 2 is 1.53 bits per heavy atom. The fourth-order valence-electron chi connectivity index (χ4n) is 3.94. The van der Waals surface area contributed by atoms with Gasteiger partial charge >= 0.3 is 5.97 Å². The molecule has 7 nitrogen and oxygen atoms in total. The largest absolute Gasteiger partial charge is 0.465 e. The summed E-state index contributed by atoms with van der Waals surface area (Å²) in [6.45, 7) is 4.04. The molecule has 0 spiro atoms. The van der Waals surface area contributed by atoms with Gasteiger partial charge in [-0.15, -0.1) is 0 Å². The molecule has 7 heteroatoms. The summed E-state index contributed by atoms with van der Waals surface area (Å²) in [6.07, 6.45) is 0. The van der Waals surface area contributed by atoms with Crippen LogP contribution in [0.2, 0.25) is 0 Å². The number of hydrogen-bond donors (Lipinski definition) is 1. The topological polar surface area (TPSA) is 79.0 Å². The highest BCUT2D eigenvalue weighted by atomic mass is 16.5. The molecule has 0 aromatic heterocycles. The summed E-state index contributed by atoms with van der Waals surface area (Å²) in [5.41, 5.74) is 2.21. The lowest BCUT2D eigenvalue weighted by molar-refractivity contribution is -0.129. The average Bonchev–Trinajstić information content (AvgIpc) is 2.83. The van der Waals surface area contributed by atoms with Crippen LogP contribution in [-0.2, 0) is 9.53 Å². The lowest BCUT2D eigenvalue weighted by atomic mass is 10.1. The predicted molar refractivity (Wildman–Crippen MR) is 124 cm³/mol. The maximum Gasteiger partial charge on any atom is 0.337 e. The van der Waals surface area contributed by atoms with E-state index in [0.717, 1.165) is 16.5 Å². The molecule has 0 saturated carbocycles. The van der Waals surface area contributed by atoms with Gasteiger partial charge in [0.2, 0.25) is 5.91 Å². The van der Waals surface area contributed by atoms with Crippen LogP contribution in [0.1, 0.15) is 27.6 Å². The summed E-state index contributed by atoms with van der Waals surface area (Å²) in [5, 5.41) is 5.01. The van der Waals surface area contributed by atoms with Gasteiger partial charge < -0.3 is 19.9 Å². The summed E-state index contributed by atoms with van der Waals surface area (Å²) in [4.78, 5) is 40.7. The van der Waals surface area contributed by atoms with E-state index in [1.54, 1.807) is 30.0 Å². The number of anilines is 2. The molecular formula is C25H25N3O4. The van der Waals surface area contributed by atoms with Crippen LogP contribution < -0.4 is 10.2 Å². The maximum absolute atomic E-state index is 13.1. The molecule has 1 aliphatic rings. The number of rotatable bonds is 4. The van der Waals surface area contributed by atoms with Crippen molar-refractivity contribution in [2.45, 2.75) is 6.92 Å². The number of amides is 2. The van der Waals surface area contributed by atoms with Crippen molar-refractivity contribution in [1.29, 1.82) is 0 Å². The number of carbonyl (C=O) groups excluding carboxylic acids is 3. The fraction of sp³-hybridized carbons (Fsp3) is 0.240. The van der Waals surface area contributed by atoms with E-state index in [2.05, 4.69) is 10.2 Å². The minimum atomic E-state index is -0.473. The van der Waals surface area contributed by atoms with Crippen LogP contribution in [0.25, 0.3) is 10.8 Å². The van der Waals surface area contributed by atoms with Gasteiger partial charge in [0.25, 0.3) is 5.91 Å². The van der Waals surface area contributed by atoms with Crippen molar-refractivity contribution >= 4 is 39.9 Å². The quantitative estimate of drug-likeness (QED) is 0.639. The monoisotopic (exact) mass is 431 g/mol. The third-order valence-electron chi connectivity index (χ3n) is 5.74. The van der Waals surface area contributed by atoms with Crippen molar-refractivity contribution in [3.63, 3.8) is 0 Å². The summed E-state index contributed by atoms with van der Waals surface area (Å²) in [6, 6.07) is 18.5. The van der Waals surface area contributed by atoms with Crippen molar-refractivity contribution in [2.75, 3.05) is 43.5 Å². The Hall–Kier alpha value is -3.87. The summed E-state index contributed by atoms with van der Waals surface area (Å²) in [7, 11) is 1.32. The van der Waals surface area contributed by atoms with E-state index in [1.165, 1.54) is 7.11 Å². The number of methoxy groups -OCH3 is 1. The van der Waals surface area contributed by atoms with Crippen LogP contribution in [0, 0.1) is 0 Å². The molecule has 1 aliphatic heterocycles. The van der Waals surface area contributed by atoms with Crippen LogP contribution in [0.4, 0.5) is 11.4 Å². The highest BCUT2D eigenvalue weighted by Crippen LogP contribution is 2.29. The Labute approximate surface area is 186 Å². The van der Waals surface area contributed by atoms with Gasteiger partial charge in [0, 0.05) is 38.7 Å². The lowest BCUT2D eigenvalue weighted by Gasteiger charge is -2.36.